The minimum atomic E-state index is 0.0752. The van der Waals surface area contributed by atoms with Gasteiger partial charge in [0.05, 0.1) is 6.20 Å². The van der Waals surface area contributed by atoms with Crippen molar-refractivity contribution in [1.82, 2.24) is 15.1 Å². The molecule has 0 spiro atoms. The van der Waals surface area contributed by atoms with E-state index < -0.39 is 0 Å². The molecule has 0 aliphatic carbocycles. The fraction of sp³-hybridized carbons (Fsp3) is 0.333. The third-order valence-electron chi connectivity index (χ3n) is 3.18. The number of benzene rings is 1. The Kier molecular flexibility index (Phi) is 4.75. The lowest BCUT2D eigenvalue weighted by Crippen LogP contribution is -2.13. The zero-order valence-corrected chi connectivity index (χ0v) is 11.8. The van der Waals surface area contributed by atoms with Gasteiger partial charge in [0.1, 0.15) is 11.8 Å². The standard InChI is InChI=1S/C15H18N4O/c1-12-14(11-18-19(12)2)10-17-9-13-4-3-5-15(8-13)20-7-6-16/h3-5,8,11,17H,7,9-10H2,1-2H3. The van der Waals surface area contributed by atoms with Crippen LogP contribution < -0.4 is 10.1 Å². The molecule has 1 heterocycles. The van der Waals surface area contributed by atoms with Crippen molar-refractivity contribution in [3.63, 3.8) is 0 Å². The van der Waals surface area contributed by atoms with E-state index in [0.29, 0.717) is 0 Å². The van der Waals surface area contributed by atoms with Crippen molar-refractivity contribution >= 4 is 0 Å². The maximum absolute atomic E-state index is 8.50. The van der Waals surface area contributed by atoms with Gasteiger partial charge in [0.15, 0.2) is 6.61 Å². The molecule has 0 radical (unpaired) electrons. The van der Waals surface area contributed by atoms with Crippen LogP contribution in [0.15, 0.2) is 30.5 Å². The van der Waals surface area contributed by atoms with Crippen molar-refractivity contribution in [2.45, 2.75) is 20.0 Å². The average Bonchev–Trinajstić information content (AvgIpc) is 2.78. The maximum Gasteiger partial charge on any atom is 0.174 e. The first kappa shape index (κ1) is 14.1. The number of hydrogen-bond acceptors (Lipinski definition) is 4. The summed E-state index contributed by atoms with van der Waals surface area (Å²) in [7, 11) is 1.94. The average molecular weight is 270 g/mol. The lowest BCUT2D eigenvalue weighted by Gasteiger charge is -2.07. The molecule has 5 heteroatoms. The molecule has 0 saturated heterocycles. The summed E-state index contributed by atoms with van der Waals surface area (Å²) in [5.41, 5.74) is 3.50. The summed E-state index contributed by atoms with van der Waals surface area (Å²) in [5, 5.41) is 16.1. The Morgan fingerprint density at radius 1 is 1.40 bits per heavy atom. The second-order valence-electron chi connectivity index (χ2n) is 4.58. The number of nitriles is 1. The predicted molar refractivity (Wildman–Crippen MR) is 76.0 cm³/mol. The first-order valence-electron chi connectivity index (χ1n) is 6.47. The van der Waals surface area contributed by atoms with Gasteiger partial charge in [0, 0.05) is 31.4 Å². The summed E-state index contributed by atoms with van der Waals surface area (Å²) in [6.45, 7) is 3.66. The molecule has 0 atom stereocenters. The highest BCUT2D eigenvalue weighted by Gasteiger charge is 2.03. The summed E-state index contributed by atoms with van der Waals surface area (Å²) in [4.78, 5) is 0. The van der Waals surface area contributed by atoms with Gasteiger partial charge < -0.3 is 10.1 Å². The Bertz CT molecular complexity index is 613. The van der Waals surface area contributed by atoms with Gasteiger partial charge in [-0.3, -0.25) is 4.68 Å². The second-order valence-corrected chi connectivity index (χ2v) is 4.58. The fourth-order valence-corrected chi connectivity index (χ4v) is 1.92. The van der Waals surface area contributed by atoms with Gasteiger partial charge in [-0.1, -0.05) is 12.1 Å². The van der Waals surface area contributed by atoms with E-state index >= 15 is 0 Å². The van der Waals surface area contributed by atoms with E-state index in [1.165, 1.54) is 11.3 Å². The molecule has 0 unspecified atom stereocenters. The molecule has 0 amide bonds. The molecule has 1 aromatic carbocycles. The molecule has 104 valence electrons. The number of hydrogen-bond donors (Lipinski definition) is 1. The van der Waals surface area contributed by atoms with Crippen LogP contribution in [0.5, 0.6) is 5.75 Å². The number of nitrogens with zero attached hydrogens (tertiary/aromatic N) is 3. The molecule has 2 rings (SSSR count). The molecule has 1 N–H and O–H groups in total. The normalized spacial score (nSPS) is 10.2. The topological polar surface area (TPSA) is 62.9 Å². The van der Waals surface area contributed by atoms with Crippen molar-refractivity contribution in [3.05, 3.63) is 47.3 Å². The number of aryl methyl sites for hydroxylation is 1. The first-order valence-corrected chi connectivity index (χ1v) is 6.47. The number of nitrogens with one attached hydrogen (secondary N) is 1. The third-order valence-corrected chi connectivity index (χ3v) is 3.18. The largest absolute Gasteiger partial charge is 0.479 e. The summed E-state index contributed by atoms with van der Waals surface area (Å²) in [5.74, 6) is 0.725. The van der Waals surface area contributed by atoms with Crippen LogP contribution in [-0.2, 0) is 20.1 Å². The maximum atomic E-state index is 8.50. The van der Waals surface area contributed by atoms with Gasteiger partial charge >= 0.3 is 0 Å². The minimum Gasteiger partial charge on any atom is -0.479 e. The Balaban J connectivity index is 1.88. The van der Waals surface area contributed by atoms with E-state index in [9.17, 15) is 0 Å². The molecule has 0 fully saturated rings. The van der Waals surface area contributed by atoms with E-state index in [-0.39, 0.29) is 6.61 Å². The van der Waals surface area contributed by atoms with Crippen molar-refractivity contribution in [1.29, 1.82) is 5.26 Å². The predicted octanol–water partition coefficient (Wildman–Crippen LogP) is 1.92. The molecule has 1 aromatic heterocycles. The number of rotatable bonds is 6. The SMILES string of the molecule is Cc1c(CNCc2cccc(OCC#N)c2)cnn1C. The van der Waals surface area contributed by atoms with E-state index in [1.807, 2.05) is 48.3 Å². The number of aromatic nitrogens is 2. The van der Waals surface area contributed by atoms with Crippen LogP contribution in [0.2, 0.25) is 0 Å². The molecule has 0 bridgehead atoms. The van der Waals surface area contributed by atoms with E-state index in [4.69, 9.17) is 10.00 Å². The minimum absolute atomic E-state index is 0.0752. The molecule has 0 aliphatic rings. The smallest absolute Gasteiger partial charge is 0.174 e. The summed E-state index contributed by atoms with van der Waals surface area (Å²) in [6, 6.07) is 9.72. The quantitative estimate of drug-likeness (QED) is 0.871. The van der Waals surface area contributed by atoms with Gasteiger partial charge in [0.2, 0.25) is 0 Å². The molecule has 0 saturated carbocycles. The molecule has 5 nitrogen and oxygen atoms in total. The second kappa shape index (κ2) is 6.73. The van der Waals surface area contributed by atoms with Crippen LogP contribution in [0.1, 0.15) is 16.8 Å². The van der Waals surface area contributed by atoms with Crippen LogP contribution in [0.3, 0.4) is 0 Å². The molecular formula is C15H18N4O. The van der Waals surface area contributed by atoms with Crippen LogP contribution >= 0.6 is 0 Å². The lowest BCUT2D eigenvalue weighted by molar-refractivity contribution is 0.367. The Morgan fingerprint density at radius 3 is 2.95 bits per heavy atom. The van der Waals surface area contributed by atoms with Crippen molar-refractivity contribution in [2.24, 2.45) is 7.05 Å². The lowest BCUT2D eigenvalue weighted by atomic mass is 10.2. The molecule has 0 aliphatic heterocycles. The zero-order valence-electron chi connectivity index (χ0n) is 11.8. The first-order chi connectivity index (χ1) is 9.70. The van der Waals surface area contributed by atoms with Gasteiger partial charge in [0.25, 0.3) is 0 Å². The van der Waals surface area contributed by atoms with Gasteiger partial charge in [-0.25, -0.2) is 0 Å². The van der Waals surface area contributed by atoms with Crippen LogP contribution in [0.25, 0.3) is 0 Å². The third kappa shape index (κ3) is 3.59. The Morgan fingerprint density at radius 2 is 2.25 bits per heavy atom. The summed E-state index contributed by atoms with van der Waals surface area (Å²) < 4.78 is 7.15. The van der Waals surface area contributed by atoms with Crippen molar-refractivity contribution in [3.8, 4) is 11.8 Å². The van der Waals surface area contributed by atoms with Gasteiger partial charge in [-0.05, 0) is 24.6 Å². The fourth-order valence-electron chi connectivity index (χ4n) is 1.92. The van der Waals surface area contributed by atoms with Crippen molar-refractivity contribution in [2.75, 3.05) is 6.61 Å². The van der Waals surface area contributed by atoms with E-state index in [2.05, 4.69) is 17.3 Å². The Hall–Kier alpha value is -2.32. The molecule has 2 aromatic rings. The highest BCUT2D eigenvalue weighted by molar-refractivity contribution is 5.28. The van der Waals surface area contributed by atoms with E-state index in [0.717, 1.165) is 24.4 Å². The van der Waals surface area contributed by atoms with Gasteiger partial charge in [-0.2, -0.15) is 10.4 Å². The highest BCUT2D eigenvalue weighted by Crippen LogP contribution is 2.13. The van der Waals surface area contributed by atoms with E-state index in [1.54, 1.807) is 0 Å². The number of ether oxygens (including phenoxy) is 1. The zero-order chi connectivity index (χ0) is 14.4. The monoisotopic (exact) mass is 270 g/mol. The van der Waals surface area contributed by atoms with Crippen LogP contribution in [0, 0.1) is 18.3 Å². The highest BCUT2D eigenvalue weighted by atomic mass is 16.5. The van der Waals surface area contributed by atoms with Crippen LogP contribution in [-0.4, -0.2) is 16.4 Å². The van der Waals surface area contributed by atoms with Crippen molar-refractivity contribution < 1.29 is 4.74 Å². The van der Waals surface area contributed by atoms with Gasteiger partial charge in [-0.15, -0.1) is 0 Å². The molecular weight excluding hydrogens is 252 g/mol. The molecule has 20 heavy (non-hydrogen) atoms. The Labute approximate surface area is 118 Å². The summed E-state index contributed by atoms with van der Waals surface area (Å²) >= 11 is 0. The summed E-state index contributed by atoms with van der Waals surface area (Å²) in [6.07, 6.45) is 1.88. The van der Waals surface area contributed by atoms with Crippen LogP contribution in [0.4, 0.5) is 0 Å².